The molecule has 3 aliphatic heterocycles. The smallest absolute Gasteiger partial charge is 0.0635 e. The zero-order chi connectivity index (χ0) is 18.1. The Morgan fingerprint density at radius 2 is 1.74 bits per heavy atom. The molecule has 0 aliphatic carbocycles. The van der Waals surface area contributed by atoms with E-state index in [0.717, 1.165) is 59.0 Å². The lowest BCUT2D eigenvalue weighted by molar-refractivity contribution is -0.168. The summed E-state index contributed by atoms with van der Waals surface area (Å²) in [6.07, 6.45) is 3.84. The minimum absolute atomic E-state index is 0.281. The minimum Gasteiger partial charge on any atom is -0.378 e. The van der Waals surface area contributed by atoms with Crippen LogP contribution in [0.4, 0.5) is 0 Å². The molecule has 0 N–H and O–H groups in total. The molecule has 5 nitrogen and oxygen atoms in total. The fourth-order valence-corrected chi connectivity index (χ4v) is 5.19. The van der Waals surface area contributed by atoms with E-state index in [1.807, 2.05) is 18.5 Å². The van der Waals surface area contributed by atoms with E-state index in [1.54, 1.807) is 0 Å². The van der Waals surface area contributed by atoms with Gasteiger partial charge in [0.25, 0.3) is 0 Å². The maximum Gasteiger partial charge on any atom is 0.0635 e. The maximum absolute atomic E-state index is 5.83. The predicted octanol–water partition coefficient (Wildman–Crippen LogP) is 1.85. The fourth-order valence-electron chi connectivity index (χ4n) is 5.19. The zero-order valence-electron chi connectivity index (χ0n) is 15.8. The van der Waals surface area contributed by atoms with Crippen LogP contribution in [0.1, 0.15) is 11.1 Å². The third-order valence-electron chi connectivity index (χ3n) is 6.24. The summed E-state index contributed by atoms with van der Waals surface area (Å²) < 4.78 is 5.83. The molecule has 142 valence electrons. The number of hydrogen-bond acceptors (Lipinski definition) is 5. The number of hydrogen-bond donors (Lipinski definition) is 0. The molecule has 3 aliphatic rings. The molecule has 1 atom stereocenters. The Balaban J connectivity index is 1.29. The van der Waals surface area contributed by atoms with Crippen molar-refractivity contribution < 1.29 is 4.74 Å². The van der Waals surface area contributed by atoms with Gasteiger partial charge in [0, 0.05) is 64.2 Å². The first-order chi connectivity index (χ1) is 13.3. The van der Waals surface area contributed by atoms with Crippen molar-refractivity contribution in [2.24, 2.45) is 0 Å². The highest BCUT2D eigenvalue weighted by atomic mass is 16.5. The molecule has 5 heteroatoms. The van der Waals surface area contributed by atoms with Crippen molar-refractivity contribution in [2.45, 2.75) is 24.7 Å². The van der Waals surface area contributed by atoms with Crippen LogP contribution in [0, 0.1) is 0 Å². The van der Waals surface area contributed by atoms with Gasteiger partial charge < -0.3 is 4.74 Å². The lowest BCUT2D eigenvalue weighted by atomic mass is 9.82. The molecule has 1 spiro atoms. The van der Waals surface area contributed by atoms with Gasteiger partial charge in [-0.1, -0.05) is 36.4 Å². The average molecular weight is 364 g/mol. The van der Waals surface area contributed by atoms with Crippen molar-refractivity contribution in [3.63, 3.8) is 0 Å². The van der Waals surface area contributed by atoms with Crippen LogP contribution in [0.2, 0.25) is 0 Å². The van der Waals surface area contributed by atoms with Crippen LogP contribution in [0.5, 0.6) is 0 Å². The number of nitrogens with zero attached hydrogens (tertiary/aromatic N) is 4. The van der Waals surface area contributed by atoms with Crippen molar-refractivity contribution in [1.29, 1.82) is 0 Å². The van der Waals surface area contributed by atoms with Gasteiger partial charge in [0.05, 0.1) is 18.8 Å². The van der Waals surface area contributed by atoms with Crippen molar-refractivity contribution in [3.05, 3.63) is 66.0 Å². The van der Waals surface area contributed by atoms with Gasteiger partial charge in [-0.3, -0.25) is 19.7 Å². The van der Waals surface area contributed by atoms with Crippen LogP contribution in [0.15, 0.2) is 54.9 Å². The highest BCUT2D eigenvalue weighted by Gasteiger charge is 2.53. The first-order valence-corrected chi connectivity index (χ1v) is 10.0. The summed E-state index contributed by atoms with van der Waals surface area (Å²) in [4.78, 5) is 12.2. The Labute approximate surface area is 161 Å². The highest BCUT2D eigenvalue weighted by molar-refractivity contribution is 5.18. The maximum atomic E-state index is 5.83. The number of piperazine rings is 1. The average Bonchev–Trinajstić information content (AvgIpc) is 2.68. The second-order valence-corrected chi connectivity index (χ2v) is 8.31. The normalized spacial score (nSPS) is 25.9. The van der Waals surface area contributed by atoms with E-state index < -0.39 is 0 Å². The Bertz CT molecular complexity index is 747. The Morgan fingerprint density at radius 1 is 0.963 bits per heavy atom. The molecule has 27 heavy (non-hydrogen) atoms. The highest BCUT2D eigenvalue weighted by Crippen LogP contribution is 2.36. The molecule has 5 rings (SSSR count). The summed E-state index contributed by atoms with van der Waals surface area (Å²) in [5.74, 6) is 0. The second kappa shape index (κ2) is 7.32. The van der Waals surface area contributed by atoms with Crippen LogP contribution < -0.4 is 0 Å². The summed E-state index contributed by atoms with van der Waals surface area (Å²) in [6, 6.07) is 15.6. The third kappa shape index (κ3) is 3.52. The fraction of sp³-hybridized carbons (Fsp3) is 0.500. The molecule has 2 aromatic rings. The van der Waals surface area contributed by atoms with E-state index in [1.165, 1.54) is 11.1 Å². The molecule has 4 heterocycles. The molecule has 0 amide bonds. The first kappa shape index (κ1) is 17.3. The Morgan fingerprint density at radius 3 is 2.56 bits per heavy atom. The van der Waals surface area contributed by atoms with Crippen LogP contribution >= 0.6 is 0 Å². The quantitative estimate of drug-likeness (QED) is 0.827. The SMILES string of the molecule is c1ccc(CN2CC3COCCN3C3(C2)CN(Cc2cccnc2)C3)cc1. The summed E-state index contributed by atoms with van der Waals surface area (Å²) in [6.45, 7) is 9.41. The third-order valence-corrected chi connectivity index (χ3v) is 6.24. The summed E-state index contributed by atoms with van der Waals surface area (Å²) >= 11 is 0. The van der Waals surface area contributed by atoms with Crippen molar-refractivity contribution in [1.82, 2.24) is 19.7 Å². The van der Waals surface area contributed by atoms with Gasteiger partial charge >= 0.3 is 0 Å². The van der Waals surface area contributed by atoms with Crippen molar-refractivity contribution in [2.75, 3.05) is 45.9 Å². The van der Waals surface area contributed by atoms with Gasteiger partial charge in [-0.05, 0) is 17.2 Å². The molecule has 1 unspecified atom stereocenters. The van der Waals surface area contributed by atoms with Gasteiger partial charge in [-0.15, -0.1) is 0 Å². The number of rotatable bonds is 4. The number of benzene rings is 1. The number of ether oxygens (including phenoxy) is 1. The van der Waals surface area contributed by atoms with Crippen LogP contribution in [-0.2, 0) is 17.8 Å². The van der Waals surface area contributed by atoms with Crippen LogP contribution in [-0.4, -0.2) is 77.2 Å². The first-order valence-electron chi connectivity index (χ1n) is 10.0. The monoisotopic (exact) mass is 364 g/mol. The predicted molar refractivity (Wildman–Crippen MR) is 105 cm³/mol. The van der Waals surface area contributed by atoms with Gasteiger partial charge in [0.15, 0.2) is 0 Å². The van der Waals surface area contributed by atoms with Crippen molar-refractivity contribution >= 4 is 0 Å². The summed E-state index contributed by atoms with van der Waals surface area (Å²) in [5.41, 5.74) is 3.00. The molecule has 3 fully saturated rings. The van der Waals surface area contributed by atoms with Gasteiger partial charge in [0.1, 0.15) is 0 Å². The van der Waals surface area contributed by atoms with Crippen LogP contribution in [0.3, 0.4) is 0 Å². The van der Waals surface area contributed by atoms with E-state index in [-0.39, 0.29) is 5.54 Å². The molecule has 1 aromatic carbocycles. The lowest BCUT2D eigenvalue weighted by Gasteiger charge is -2.63. The Kier molecular flexibility index (Phi) is 4.70. The number of likely N-dealkylation sites (tertiary alicyclic amines) is 1. The lowest BCUT2D eigenvalue weighted by Crippen LogP contribution is -2.80. The van der Waals surface area contributed by atoms with E-state index >= 15 is 0 Å². The second-order valence-electron chi connectivity index (χ2n) is 8.31. The van der Waals surface area contributed by atoms with E-state index in [2.05, 4.69) is 56.1 Å². The van der Waals surface area contributed by atoms with E-state index in [4.69, 9.17) is 4.74 Å². The zero-order valence-corrected chi connectivity index (χ0v) is 15.8. The van der Waals surface area contributed by atoms with E-state index in [0.29, 0.717) is 6.04 Å². The van der Waals surface area contributed by atoms with Crippen molar-refractivity contribution in [3.8, 4) is 0 Å². The standard InChI is InChI=1S/C22H28N4O/c1-2-5-19(6-3-1)12-24-14-21-15-27-10-9-26(21)22(16-24)17-25(18-22)13-20-7-4-8-23-11-20/h1-8,11,21H,9-10,12-18H2. The van der Waals surface area contributed by atoms with Gasteiger partial charge in [-0.2, -0.15) is 0 Å². The number of fused-ring (bicyclic) bond motifs is 2. The van der Waals surface area contributed by atoms with Gasteiger partial charge in [0.2, 0.25) is 0 Å². The number of aromatic nitrogens is 1. The summed E-state index contributed by atoms with van der Waals surface area (Å²) in [7, 11) is 0. The molecule has 0 bridgehead atoms. The molecule has 3 saturated heterocycles. The largest absolute Gasteiger partial charge is 0.378 e. The number of pyridine rings is 1. The minimum atomic E-state index is 0.281. The number of morpholine rings is 1. The molecule has 1 aromatic heterocycles. The van der Waals surface area contributed by atoms with E-state index in [9.17, 15) is 0 Å². The molecule has 0 radical (unpaired) electrons. The summed E-state index contributed by atoms with van der Waals surface area (Å²) in [5, 5.41) is 0. The Hall–Kier alpha value is -1.79. The molecule has 0 saturated carbocycles. The topological polar surface area (TPSA) is 31.8 Å². The van der Waals surface area contributed by atoms with Gasteiger partial charge in [-0.25, -0.2) is 0 Å². The molecular weight excluding hydrogens is 336 g/mol. The molecular formula is C22H28N4O. The van der Waals surface area contributed by atoms with Crippen LogP contribution in [0.25, 0.3) is 0 Å².